The standard InChI is InChI=1S/C14H13N5O/c1-9-7-8-11-12(15-9)18-19-13(11)17-14(20)16-10-5-3-2-4-6-10/h2-8H,1H3,(H3,15,16,17,18,19,20). The second-order valence-corrected chi connectivity index (χ2v) is 4.37. The van der Waals surface area contributed by atoms with E-state index in [1.54, 1.807) is 0 Å². The van der Waals surface area contributed by atoms with E-state index in [4.69, 9.17) is 0 Å². The molecule has 2 amide bonds. The van der Waals surface area contributed by atoms with E-state index in [0.29, 0.717) is 11.5 Å². The number of carbonyl (C=O) groups is 1. The van der Waals surface area contributed by atoms with Crippen molar-refractivity contribution in [2.45, 2.75) is 6.92 Å². The normalized spacial score (nSPS) is 10.4. The molecule has 0 radical (unpaired) electrons. The summed E-state index contributed by atoms with van der Waals surface area (Å²) in [6.45, 7) is 1.90. The van der Waals surface area contributed by atoms with Crippen LogP contribution in [0.5, 0.6) is 0 Å². The quantitative estimate of drug-likeness (QED) is 0.667. The van der Waals surface area contributed by atoms with E-state index >= 15 is 0 Å². The maximum atomic E-state index is 11.9. The number of nitrogens with one attached hydrogen (secondary N) is 3. The lowest BCUT2D eigenvalue weighted by atomic mass is 10.3. The van der Waals surface area contributed by atoms with Crippen LogP contribution in [0.4, 0.5) is 16.3 Å². The summed E-state index contributed by atoms with van der Waals surface area (Å²) in [5.74, 6) is 0.459. The summed E-state index contributed by atoms with van der Waals surface area (Å²) in [4.78, 5) is 16.2. The molecule has 2 heterocycles. The van der Waals surface area contributed by atoms with Gasteiger partial charge in [0.2, 0.25) is 0 Å². The number of hydrogen-bond acceptors (Lipinski definition) is 3. The molecule has 3 aromatic rings. The summed E-state index contributed by atoms with van der Waals surface area (Å²) in [7, 11) is 0. The Balaban J connectivity index is 1.78. The van der Waals surface area contributed by atoms with E-state index < -0.39 is 0 Å². The molecule has 0 saturated heterocycles. The minimum Gasteiger partial charge on any atom is -0.308 e. The number of aromatic amines is 1. The summed E-state index contributed by atoms with van der Waals surface area (Å²) in [5.41, 5.74) is 2.26. The first kappa shape index (κ1) is 12.2. The summed E-state index contributed by atoms with van der Waals surface area (Å²) >= 11 is 0. The first-order valence-corrected chi connectivity index (χ1v) is 6.17. The molecule has 0 atom stereocenters. The van der Waals surface area contributed by atoms with E-state index in [-0.39, 0.29) is 6.03 Å². The number of benzene rings is 1. The number of amides is 2. The average molecular weight is 267 g/mol. The Morgan fingerprint density at radius 3 is 2.70 bits per heavy atom. The van der Waals surface area contributed by atoms with Gasteiger partial charge in [-0.2, -0.15) is 5.10 Å². The summed E-state index contributed by atoms with van der Waals surface area (Å²) in [6, 6.07) is 12.6. The summed E-state index contributed by atoms with van der Waals surface area (Å²) < 4.78 is 0. The smallest absolute Gasteiger partial charge is 0.308 e. The zero-order chi connectivity index (χ0) is 13.9. The highest BCUT2D eigenvalue weighted by Gasteiger charge is 2.10. The van der Waals surface area contributed by atoms with Gasteiger partial charge < -0.3 is 5.32 Å². The van der Waals surface area contributed by atoms with Gasteiger partial charge in [0.25, 0.3) is 0 Å². The van der Waals surface area contributed by atoms with Crippen molar-refractivity contribution in [3.63, 3.8) is 0 Å². The van der Waals surface area contributed by atoms with Gasteiger partial charge in [0.15, 0.2) is 11.5 Å². The number of urea groups is 1. The van der Waals surface area contributed by atoms with Crippen LogP contribution >= 0.6 is 0 Å². The molecule has 0 fully saturated rings. The van der Waals surface area contributed by atoms with Crippen molar-refractivity contribution in [2.75, 3.05) is 10.6 Å². The van der Waals surface area contributed by atoms with Gasteiger partial charge in [-0.05, 0) is 31.2 Å². The fraction of sp³-hybridized carbons (Fsp3) is 0.0714. The number of pyridine rings is 1. The highest BCUT2D eigenvalue weighted by Crippen LogP contribution is 2.19. The van der Waals surface area contributed by atoms with Gasteiger partial charge in [0.05, 0.1) is 5.39 Å². The van der Waals surface area contributed by atoms with Gasteiger partial charge in [0, 0.05) is 11.4 Å². The Hall–Kier alpha value is -2.89. The highest BCUT2D eigenvalue weighted by molar-refractivity contribution is 6.03. The first-order chi connectivity index (χ1) is 9.72. The summed E-state index contributed by atoms with van der Waals surface area (Å²) in [6.07, 6.45) is 0. The number of aromatic nitrogens is 3. The number of para-hydroxylation sites is 1. The minimum absolute atomic E-state index is 0.342. The number of rotatable bonds is 2. The van der Waals surface area contributed by atoms with Crippen LogP contribution in [0.25, 0.3) is 11.0 Å². The van der Waals surface area contributed by atoms with Crippen LogP contribution in [0.15, 0.2) is 42.5 Å². The maximum absolute atomic E-state index is 11.9. The Kier molecular flexibility index (Phi) is 3.04. The number of carbonyl (C=O) groups excluding carboxylic acids is 1. The van der Waals surface area contributed by atoms with E-state index in [9.17, 15) is 4.79 Å². The van der Waals surface area contributed by atoms with Crippen LogP contribution in [0.1, 0.15) is 5.69 Å². The number of H-pyrrole nitrogens is 1. The molecule has 20 heavy (non-hydrogen) atoms. The Labute approximate surface area is 115 Å². The molecule has 6 heteroatoms. The van der Waals surface area contributed by atoms with Gasteiger partial charge in [-0.3, -0.25) is 10.4 Å². The molecule has 3 N–H and O–H groups in total. The second kappa shape index (κ2) is 5.00. The van der Waals surface area contributed by atoms with Crippen LogP contribution < -0.4 is 10.6 Å². The highest BCUT2D eigenvalue weighted by atomic mass is 16.2. The molecular formula is C14H13N5O. The average Bonchev–Trinajstić information content (AvgIpc) is 2.82. The van der Waals surface area contributed by atoms with Crippen LogP contribution in [-0.4, -0.2) is 21.2 Å². The fourth-order valence-electron chi connectivity index (χ4n) is 1.89. The molecule has 0 aliphatic heterocycles. The Morgan fingerprint density at radius 1 is 1.10 bits per heavy atom. The van der Waals surface area contributed by atoms with Crippen molar-refractivity contribution >= 4 is 28.6 Å². The monoisotopic (exact) mass is 267 g/mol. The summed E-state index contributed by atoms with van der Waals surface area (Å²) in [5, 5.41) is 13.1. The molecule has 100 valence electrons. The third-order valence-electron chi connectivity index (χ3n) is 2.83. The molecule has 3 rings (SSSR count). The van der Waals surface area contributed by atoms with Gasteiger partial charge >= 0.3 is 6.03 Å². The van der Waals surface area contributed by atoms with Crippen LogP contribution in [-0.2, 0) is 0 Å². The number of aryl methyl sites for hydroxylation is 1. The number of anilines is 2. The third kappa shape index (κ3) is 2.44. The van der Waals surface area contributed by atoms with Gasteiger partial charge in [-0.25, -0.2) is 9.78 Å². The number of nitrogens with zero attached hydrogens (tertiary/aromatic N) is 2. The lowest BCUT2D eigenvalue weighted by Gasteiger charge is -2.05. The molecule has 1 aromatic carbocycles. The lowest BCUT2D eigenvalue weighted by molar-refractivity contribution is 0.262. The van der Waals surface area contributed by atoms with Crippen molar-refractivity contribution < 1.29 is 4.79 Å². The Morgan fingerprint density at radius 2 is 1.90 bits per heavy atom. The molecule has 0 saturated carbocycles. The van der Waals surface area contributed by atoms with E-state index in [1.807, 2.05) is 49.4 Å². The molecule has 0 aliphatic rings. The first-order valence-electron chi connectivity index (χ1n) is 6.17. The van der Waals surface area contributed by atoms with E-state index in [0.717, 1.165) is 16.8 Å². The van der Waals surface area contributed by atoms with Gasteiger partial charge in [-0.15, -0.1) is 0 Å². The SMILES string of the molecule is Cc1ccc2c(NC(=O)Nc3ccccc3)n[nH]c2n1. The molecule has 0 aliphatic carbocycles. The molecule has 6 nitrogen and oxygen atoms in total. The van der Waals surface area contributed by atoms with Crippen molar-refractivity contribution in [3.05, 3.63) is 48.2 Å². The second-order valence-electron chi connectivity index (χ2n) is 4.37. The van der Waals surface area contributed by atoms with Crippen molar-refractivity contribution in [3.8, 4) is 0 Å². The van der Waals surface area contributed by atoms with Crippen LogP contribution in [0.3, 0.4) is 0 Å². The van der Waals surface area contributed by atoms with Gasteiger partial charge in [-0.1, -0.05) is 18.2 Å². The maximum Gasteiger partial charge on any atom is 0.324 e. The van der Waals surface area contributed by atoms with Crippen LogP contribution in [0.2, 0.25) is 0 Å². The molecule has 0 unspecified atom stereocenters. The topological polar surface area (TPSA) is 82.7 Å². The van der Waals surface area contributed by atoms with Crippen molar-refractivity contribution in [1.29, 1.82) is 0 Å². The van der Waals surface area contributed by atoms with Crippen molar-refractivity contribution in [2.24, 2.45) is 0 Å². The van der Waals surface area contributed by atoms with E-state index in [1.165, 1.54) is 0 Å². The largest absolute Gasteiger partial charge is 0.324 e. The predicted molar refractivity (Wildman–Crippen MR) is 77.7 cm³/mol. The zero-order valence-electron chi connectivity index (χ0n) is 10.8. The minimum atomic E-state index is -0.342. The zero-order valence-corrected chi connectivity index (χ0v) is 10.8. The van der Waals surface area contributed by atoms with Gasteiger partial charge in [0.1, 0.15) is 0 Å². The molecule has 0 bridgehead atoms. The van der Waals surface area contributed by atoms with E-state index in [2.05, 4.69) is 25.8 Å². The lowest BCUT2D eigenvalue weighted by Crippen LogP contribution is -2.19. The third-order valence-corrected chi connectivity index (χ3v) is 2.83. The fourth-order valence-corrected chi connectivity index (χ4v) is 1.89. The molecular weight excluding hydrogens is 254 g/mol. The molecule has 2 aromatic heterocycles. The van der Waals surface area contributed by atoms with Crippen LogP contribution in [0, 0.1) is 6.92 Å². The Bertz CT molecular complexity index is 751. The van der Waals surface area contributed by atoms with Crippen molar-refractivity contribution in [1.82, 2.24) is 15.2 Å². The predicted octanol–water partition coefficient (Wildman–Crippen LogP) is 2.91. The number of hydrogen-bond donors (Lipinski definition) is 3. The molecule has 0 spiro atoms. The number of fused-ring (bicyclic) bond motifs is 1.